The van der Waals surface area contributed by atoms with Crippen LogP contribution in [0, 0.1) is 6.92 Å². The van der Waals surface area contributed by atoms with Crippen LogP contribution in [-0.2, 0) is 23.5 Å². The van der Waals surface area contributed by atoms with Crippen LogP contribution in [0.3, 0.4) is 0 Å². The van der Waals surface area contributed by atoms with E-state index in [-0.39, 0.29) is 49.8 Å². The molecule has 3 rings (SSSR count). The quantitative estimate of drug-likeness (QED) is 0.657. The number of hydrogen-bond donors (Lipinski definition) is 1. The van der Waals surface area contributed by atoms with Crippen molar-refractivity contribution < 1.29 is 35.9 Å². The summed E-state index contributed by atoms with van der Waals surface area (Å²) >= 11 is 0. The lowest BCUT2D eigenvalue weighted by atomic mass is 10.0. The predicted molar refractivity (Wildman–Crippen MR) is 107 cm³/mol. The van der Waals surface area contributed by atoms with Crippen molar-refractivity contribution in [3.63, 3.8) is 0 Å². The first-order chi connectivity index (χ1) is 15.8. The van der Waals surface area contributed by atoms with Crippen molar-refractivity contribution >= 4 is 12.0 Å². The van der Waals surface area contributed by atoms with Gasteiger partial charge in [0.25, 0.3) is 5.56 Å². The minimum Gasteiger partial charge on any atom is -0.446 e. The van der Waals surface area contributed by atoms with Gasteiger partial charge < -0.3 is 19.5 Å². The zero-order valence-corrected chi connectivity index (χ0v) is 18.1. The minimum atomic E-state index is -4.81. The van der Waals surface area contributed by atoms with Gasteiger partial charge in [0.15, 0.2) is 0 Å². The first-order valence-electron chi connectivity index (χ1n) is 10.2. The molecular weight excluding hydrogens is 472 g/mol. The Labute approximate surface area is 189 Å². The molecule has 0 unspecified atom stereocenters. The molecule has 1 N–H and O–H groups in total. The van der Waals surface area contributed by atoms with Gasteiger partial charge in [-0.15, -0.1) is 0 Å². The molecule has 0 aromatic carbocycles. The molecule has 3 heterocycles. The monoisotopic (exact) mass is 493 g/mol. The number of aromatic nitrogens is 3. The van der Waals surface area contributed by atoms with Crippen LogP contribution in [-0.4, -0.2) is 58.2 Å². The maximum Gasteiger partial charge on any atom is 0.421 e. The van der Waals surface area contributed by atoms with Gasteiger partial charge in [-0.05, 0) is 25.5 Å². The highest BCUT2D eigenvalue weighted by atomic mass is 19.4. The number of halogens is 6. The number of aromatic amines is 1. The molecular formula is C20H21F6N5O3. The molecule has 1 aliphatic rings. The van der Waals surface area contributed by atoms with E-state index in [1.807, 2.05) is 0 Å². The van der Waals surface area contributed by atoms with E-state index in [9.17, 15) is 35.9 Å². The number of piperazine rings is 1. The number of amides is 1. The highest BCUT2D eigenvalue weighted by Crippen LogP contribution is 2.29. The number of H-pyrrole nitrogens is 1. The van der Waals surface area contributed by atoms with Crippen LogP contribution in [0.15, 0.2) is 23.3 Å². The Morgan fingerprint density at radius 2 is 1.68 bits per heavy atom. The third kappa shape index (κ3) is 5.97. The van der Waals surface area contributed by atoms with Crippen molar-refractivity contribution in [3.8, 4) is 0 Å². The molecule has 0 aliphatic carbocycles. The van der Waals surface area contributed by atoms with E-state index in [4.69, 9.17) is 4.74 Å². The fourth-order valence-corrected chi connectivity index (χ4v) is 3.41. The lowest BCUT2D eigenvalue weighted by molar-refractivity contribution is -0.139. The van der Waals surface area contributed by atoms with Crippen molar-refractivity contribution in [1.29, 1.82) is 0 Å². The Kier molecular flexibility index (Phi) is 7.07. The van der Waals surface area contributed by atoms with Gasteiger partial charge >= 0.3 is 18.4 Å². The molecule has 0 saturated carbocycles. The van der Waals surface area contributed by atoms with Gasteiger partial charge in [-0.1, -0.05) is 0 Å². The number of alkyl halides is 6. The molecule has 2 aromatic rings. The molecule has 1 amide bonds. The summed E-state index contributed by atoms with van der Waals surface area (Å²) in [5, 5.41) is 0. The minimum absolute atomic E-state index is 0.0448. The zero-order chi connectivity index (χ0) is 25.3. The summed E-state index contributed by atoms with van der Waals surface area (Å²) in [5.41, 5.74) is -3.10. The van der Waals surface area contributed by atoms with Crippen LogP contribution >= 0.6 is 0 Å². The molecule has 34 heavy (non-hydrogen) atoms. The summed E-state index contributed by atoms with van der Waals surface area (Å²) in [7, 11) is 0. The summed E-state index contributed by atoms with van der Waals surface area (Å²) < 4.78 is 82.3. The molecule has 0 spiro atoms. The van der Waals surface area contributed by atoms with Crippen LogP contribution in [0.4, 0.5) is 37.1 Å². The summed E-state index contributed by atoms with van der Waals surface area (Å²) in [5.74, 6) is 0.100. The van der Waals surface area contributed by atoms with E-state index >= 15 is 0 Å². The van der Waals surface area contributed by atoms with E-state index < -0.39 is 41.2 Å². The van der Waals surface area contributed by atoms with Gasteiger partial charge in [0, 0.05) is 50.7 Å². The molecule has 14 heteroatoms. The topological polar surface area (TPSA) is 91.4 Å². The van der Waals surface area contributed by atoms with Crippen molar-refractivity contribution in [2.45, 2.75) is 38.7 Å². The van der Waals surface area contributed by atoms with E-state index in [0.717, 1.165) is 6.07 Å². The Bertz CT molecular complexity index is 1080. The largest absolute Gasteiger partial charge is 0.446 e. The van der Waals surface area contributed by atoms with Crippen LogP contribution < -0.4 is 10.5 Å². The second kappa shape index (κ2) is 9.50. The lowest BCUT2D eigenvalue weighted by Gasteiger charge is -2.34. The van der Waals surface area contributed by atoms with Crippen LogP contribution in [0.1, 0.15) is 29.3 Å². The standard InChI is InChI=1S/C20H21F6N5O3/c1-11(7-13-8-15(20(24,25)26)16(32)29-12(13)2)34-18(33)31-5-3-30(4-6-31)17-27-9-14(10-28-17)19(21,22)23/h8-11H,3-7H2,1-2H3,(H,29,32)/t11-/m0/s1. The first kappa shape index (κ1) is 25.3. The lowest BCUT2D eigenvalue weighted by Crippen LogP contribution is -2.50. The number of ether oxygens (including phenoxy) is 1. The number of anilines is 1. The summed E-state index contributed by atoms with van der Waals surface area (Å²) in [6.45, 7) is 3.85. The Morgan fingerprint density at radius 3 is 2.21 bits per heavy atom. The number of nitrogens with zero attached hydrogens (tertiary/aromatic N) is 4. The van der Waals surface area contributed by atoms with Crippen molar-refractivity contribution in [3.05, 3.63) is 51.2 Å². The second-order valence-electron chi connectivity index (χ2n) is 7.80. The normalized spacial score (nSPS) is 15.9. The molecule has 0 radical (unpaired) electrons. The van der Waals surface area contributed by atoms with Crippen LogP contribution in [0.25, 0.3) is 0 Å². The predicted octanol–water partition coefficient (Wildman–Crippen LogP) is 3.40. The smallest absolute Gasteiger partial charge is 0.421 e. The van der Waals surface area contributed by atoms with Gasteiger partial charge in [0.1, 0.15) is 11.7 Å². The number of pyridine rings is 1. The van der Waals surface area contributed by atoms with Gasteiger partial charge in [-0.3, -0.25) is 4.79 Å². The highest BCUT2D eigenvalue weighted by Gasteiger charge is 2.35. The van der Waals surface area contributed by atoms with Gasteiger partial charge in [0.05, 0.1) is 5.56 Å². The molecule has 1 aliphatic heterocycles. The maximum atomic E-state index is 13.0. The number of nitrogens with one attached hydrogen (secondary N) is 1. The number of aryl methyl sites for hydroxylation is 1. The fraction of sp³-hybridized carbons (Fsp3) is 0.500. The molecule has 1 saturated heterocycles. The van der Waals surface area contributed by atoms with Crippen molar-refractivity contribution in [2.24, 2.45) is 0 Å². The summed E-state index contributed by atoms with van der Waals surface area (Å²) in [6, 6.07) is 0.751. The third-order valence-corrected chi connectivity index (χ3v) is 5.25. The Morgan fingerprint density at radius 1 is 1.09 bits per heavy atom. The molecule has 186 valence electrons. The molecule has 1 fully saturated rings. The molecule has 2 aromatic heterocycles. The van der Waals surface area contributed by atoms with Crippen LogP contribution in [0.5, 0.6) is 0 Å². The summed E-state index contributed by atoms with van der Waals surface area (Å²) in [4.78, 5) is 36.6. The number of rotatable bonds is 4. The second-order valence-corrected chi connectivity index (χ2v) is 7.80. The van der Waals surface area contributed by atoms with E-state index in [1.54, 1.807) is 4.90 Å². The van der Waals surface area contributed by atoms with Gasteiger partial charge in [-0.2, -0.15) is 26.3 Å². The maximum absolute atomic E-state index is 13.0. The highest BCUT2D eigenvalue weighted by molar-refractivity contribution is 5.68. The zero-order valence-electron chi connectivity index (χ0n) is 18.1. The van der Waals surface area contributed by atoms with E-state index in [1.165, 1.54) is 18.7 Å². The number of carbonyl (C=O) groups is 1. The number of carbonyl (C=O) groups excluding carboxylic acids is 1. The fourth-order valence-electron chi connectivity index (χ4n) is 3.41. The van der Waals surface area contributed by atoms with Crippen molar-refractivity contribution in [2.75, 3.05) is 31.1 Å². The van der Waals surface area contributed by atoms with Gasteiger partial charge in [0.2, 0.25) is 5.95 Å². The van der Waals surface area contributed by atoms with E-state index in [2.05, 4.69) is 15.0 Å². The summed E-state index contributed by atoms with van der Waals surface area (Å²) in [6.07, 6.45) is -9.49. The van der Waals surface area contributed by atoms with Crippen molar-refractivity contribution in [1.82, 2.24) is 19.9 Å². The Hall–Kier alpha value is -3.32. The SMILES string of the molecule is Cc1[nH]c(=O)c(C(F)(F)F)cc1C[C@H](C)OC(=O)N1CCN(c2ncc(C(F)(F)F)cn2)CC1. The molecule has 8 nitrogen and oxygen atoms in total. The number of hydrogen-bond acceptors (Lipinski definition) is 6. The van der Waals surface area contributed by atoms with E-state index in [0.29, 0.717) is 12.4 Å². The average Bonchev–Trinajstić information content (AvgIpc) is 2.74. The third-order valence-electron chi connectivity index (χ3n) is 5.25. The Balaban J connectivity index is 1.56. The van der Waals surface area contributed by atoms with Crippen LogP contribution in [0.2, 0.25) is 0 Å². The molecule has 0 bridgehead atoms. The van der Waals surface area contributed by atoms with Gasteiger partial charge in [-0.25, -0.2) is 14.8 Å². The average molecular weight is 493 g/mol. The molecule has 1 atom stereocenters. The first-order valence-corrected chi connectivity index (χ1v) is 10.2.